The normalized spacial score (nSPS) is 27.7. The predicted molar refractivity (Wildman–Crippen MR) is 78.3 cm³/mol. The van der Waals surface area contributed by atoms with Gasteiger partial charge >= 0.3 is 0 Å². The lowest BCUT2D eigenvalue weighted by atomic mass is 9.80. The van der Waals surface area contributed by atoms with E-state index in [1.807, 2.05) is 34.6 Å². The van der Waals surface area contributed by atoms with Crippen LogP contribution in [0.15, 0.2) is 0 Å². The summed E-state index contributed by atoms with van der Waals surface area (Å²) in [6, 6.07) is -0.461. The monoisotopic (exact) mass is 284 g/mol. The molecule has 2 unspecified atom stereocenters. The second-order valence-electron chi connectivity index (χ2n) is 6.74. The first-order valence-corrected chi connectivity index (χ1v) is 7.30. The molecule has 0 aromatic heterocycles. The lowest BCUT2D eigenvalue weighted by Gasteiger charge is -2.48. The Balaban J connectivity index is 3.02. The standard InChI is InChI=1S/C15H28N2O3/c1-7-15(5)13(19)16-11(14(2,3)4)12(18)17(15)9-8-10-20-6/h11H,7-10H2,1-6H3,(H,16,19). The van der Waals surface area contributed by atoms with Crippen LogP contribution in [0.25, 0.3) is 0 Å². The summed E-state index contributed by atoms with van der Waals surface area (Å²) in [7, 11) is 1.64. The molecule has 20 heavy (non-hydrogen) atoms. The van der Waals surface area contributed by atoms with Crippen LogP contribution < -0.4 is 5.32 Å². The van der Waals surface area contributed by atoms with E-state index in [0.717, 1.165) is 6.42 Å². The van der Waals surface area contributed by atoms with Crippen molar-refractivity contribution in [3.63, 3.8) is 0 Å². The van der Waals surface area contributed by atoms with Gasteiger partial charge in [0.25, 0.3) is 0 Å². The topological polar surface area (TPSA) is 58.6 Å². The number of hydrogen-bond donors (Lipinski definition) is 1. The Morgan fingerprint density at radius 1 is 1.35 bits per heavy atom. The summed E-state index contributed by atoms with van der Waals surface area (Å²) in [6.45, 7) is 10.8. The number of rotatable bonds is 5. The molecular formula is C15H28N2O3. The molecule has 2 amide bonds. The van der Waals surface area contributed by atoms with Gasteiger partial charge in [0.05, 0.1) is 0 Å². The summed E-state index contributed by atoms with van der Waals surface area (Å²) in [4.78, 5) is 27.0. The zero-order valence-electron chi connectivity index (χ0n) is 13.6. The molecule has 0 aliphatic carbocycles. The number of nitrogens with one attached hydrogen (secondary N) is 1. The van der Waals surface area contributed by atoms with Crippen molar-refractivity contribution in [2.45, 2.75) is 59.0 Å². The van der Waals surface area contributed by atoms with Crippen LogP contribution in [0.4, 0.5) is 0 Å². The van der Waals surface area contributed by atoms with E-state index in [9.17, 15) is 9.59 Å². The molecule has 0 spiro atoms. The minimum atomic E-state index is -0.757. The van der Waals surface area contributed by atoms with E-state index in [-0.39, 0.29) is 17.2 Å². The minimum Gasteiger partial charge on any atom is -0.385 e. The van der Waals surface area contributed by atoms with Gasteiger partial charge in [-0.1, -0.05) is 27.7 Å². The van der Waals surface area contributed by atoms with Gasteiger partial charge in [-0.3, -0.25) is 9.59 Å². The molecule has 1 N–H and O–H groups in total. The quantitative estimate of drug-likeness (QED) is 0.780. The molecule has 0 aromatic carbocycles. The highest BCUT2D eigenvalue weighted by atomic mass is 16.5. The van der Waals surface area contributed by atoms with Crippen molar-refractivity contribution in [1.82, 2.24) is 10.2 Å². The molecule has 1 heterocycles. The molecule has 0 bridgehead atoms. The number of piperazine rings is 1. The fourth-order valence-corrected chi connectivity index (χ4v) is 2.53. The predicted octanol–water partition coefficient (Wildman–Crippen LogP) is 1.56. The molecular weight excluding hydrogens is 256 g/mol. The summed E-state index contributed by atoms with van der Waals surface area (Å²) in [5, 5.41) is 2.91. The van der Waals surface area contributed by atoms with E-state index >= 15 is 0 Å². The maximum atomic E-state index is 12.8. The van der Waals surface area contributed by atoms with Crippen LogP contribution in [0, 0.1) is 5.41 Å². The molecule has 1 aliphatic heterocycles. The molecule has 0 radical (unpaired) electrons. The van der Waals surface area contributed by atoms with Crippen LogP contribution in [-0.2, 0) is 14.3 Å². The first-order chi connectivity index (χ1) is 9.18. The average molecular weight is 284 g/mol. The van der Waals surface area contributed by atoms with E-state index in [2.05, 4.69) is 5.32 Å². The molecule has 1 fully saturated rings. The number of amides is 2. The Morgan fingerprint density at radius 2 is 1.95 bits per heavy atom. The summed E-state index contributed by atoms with van der Waals surface area (Å²) < 4.78 is 5.05. The van der Waals surface area contributed by atoms with Crippen molar-refractivity contribution >= 4 is 11.8 Å². The van der Waals surface area contributed by atoms with Crippen molar-refractivity contribution in [3.8, 4) is 0 Å². The van der Waals surface area contributed by atoms with Crippen molar-refractivity contribution in [3.05, 3.63) is 0 Å². The minimum absolute atomic E-state index is 0.0116. The number of methoxy groups -OCH3 is 1. The Hall–Kier alpha value is -1.10. The van der Waals surface area contributed by atoms with Gasteiger partial charge in [0.15, 0.2) is 0 Å². The molecule has 0 aromatic rings. The van der Waals surface area contributed by atoms with Crippen LogP contribution in [0.2, 0.25) is 0 Å². The molecule has 1 aliphatic rings. The number of nitrogens with zero attached hydrogens (tertiary/aromatic N) is 1. The van der Waals surface area contributed by atoms with Crippen molar-refractivity contribution in [2.24, 2.45) is 5.41 Å². The maximum Gasteiger partial charge on any atom is 0.246 e. The van der Waals surface area contributed by atoms with Crippen LogP contribution in [0.1, 0.15) is 47.5 Å². The first kappa shape index (κ1) is 17.0. The third-order valence-corrected chi connectivity index (χ3v) is 4.16. The van der Waals surface area contributed by atoms with Gasteiger partial charge < -0.3 is 15.0 Å². The van der Waals surface area contributed by atoms with Crippen LogP contribution in [-0.4, -0.2) is 48.6 Å². The van der Waals surface area contributed by atoms with Crippen LogP contribution in [0.3, 0.4) is 0 Å². The van der Waals surface area contributed by atoms with E-state index in [1.165, 1.54) is 0 Å². The van der Waals surface area contributed by atoms with Gasteiger partial charge in [-0.15, -0.1) is 0 Å². The fraction of sp³-hybridized carbons (Fsp3) is 0.867. The van der Waals surface area contributed by atoms with Crippen molar-refractivity contribution in [1.29, 1.82) is 0 Å². The molecule has 2 atom stereocenters. The molecule has 116 valence electrons. The Labute approximate surface area is 122 Å². The van der Waals surface area contributed by atoms with Crippen molar-refractivity contribution in [2.75, 3.05) is 20.3 Å². The highest BCUT2D eigenvalue weighted by Crippen LogP contribution is 2.31. The van der Waals surface area contributed by atoms with Crippen LogP contribution in [0.5, 0.6) is 0 Å². The number of ether oxygens (including phenoxy) is 1. The second kappa shape index (κ2) is 6.12. The van der Waals surface area contributed by atoms with Gasteiger partial charge in [-0.2, -0.15) is 0 Å². The Morgan fingerprint density at radius 3 is 2.40 bits per heavy atom. The summed E-state index contributed by atoms with van der Waals surface area (Å²) in [5.41, 5.74) is -1.05. The van der Waals surface area contributed by atoms with Gasteiger partial charge in [-0.05, 0) is 25.2 Å². The van der Waals surface area contributed by atoms with Gasteiger partial charge in [-0.25, -0.2) is 0 Å². The third kappa shape index (κ3) is 3.14. The molecule has 1 rings (SSSR count). The second-order valence-corrected chi connectivity index (χ2v) is 6.74. The maximum absolute atomic E-state index is 12.8. The van der Waals surface area contributed by atoms with E-state index in [0.29, 0.717) is 19.6 Å². The SMILES string of the molecule is CCC1(C)C(=O)NC(C(C)(C)C)C(=O)N1CCCOC. The van der Waals surface area contributed by atoms with E-state index in [1.54, 1.807) is 12.0 Å². The number of carbonyl (C=O) groups excluding carboxylic acids is 2. The smallest absolute Gasteiger partial charge is 0.246 e. The third-order valence-electron chi connectivity index (χ3n) is 4.16. The van der Waals surface area contributed by atoms with Crippen molar-refractivity contribution < 1.29 is 14.3 Å². The zero-order chi connectivity index (χ0) is 15.6. The highest BCUT2D eigenvalue weighted by molar-refractivity contribution is 5.99. The first-order valence-electron chi connectivity index (χ1n) is 7.30. The summed E-state index contributed by atoms with van der Waals surface area (Å²) in [5.74, 6) is -0.0468. The Bertz CT molecular complexity index is 376. The van der Waals surface area contributed by atoms with E-state index < -0.39 is 11.6 Å². The lowest BCUT2D eigenvalue weighted by molar-refractivity contribution is -0.160. The molecule has 1 saturated heterocycles. The number of carbonyl (C=O) groups is 2. The highest BCUT2D eigenvalue weighted by Gasteiger charge is 2.50. The molecule has 5 heteroatoms. The van der Waals surface area contributed by atoms with Gasteiger partial charge in [0.2, 0.25) is 11.8 Å². The van der Waals surface area contributed by atoms with Gasteiger partial charge in [0.1, 0.15) is 11.6 Å². The average Bonchev–Trinajstić information content (AvgIpc) is 2.36. The summed E-state index contributed by atoms with van der Waals surface area (Å²) >= 11 is 0. The molecule has 0 saturated carbocycles. The lowest BCUT2D eigenvalue weighted by Crippen LogP contribution is -2.71. The zero-order valence-corrected chi connectivity index (χ0v) is 13.6. The Kier molecular flexibility index (Phi) is 5.19. The van der Waals surface area contributed by atoms with Gasteiger partial charge in [0, 0.05) is 20.3 Å². The fourth-order valence-electron chi connectivity index (χ4n) is 2.53. The van der Waals surface area contributed by atoms with E-state index in [4.69, 9.17) is 4.74 Å². The largest absolute Gasteiger partial charge is 0.385 e. The molecule has 5 nitrogen and oxygen atoms in total. The number of hydrogen-bond acceptors (Lipinski definition) is 3. The summed E-state index contributed by atoms with van der Waals surface area (Å²) in [6.07, 6.45) is 1.34. The van der Waals surface area contributed by atoms with Crippen LogP contribution >= 0.6 is 0 Å².